The van der Waals surface area contributed by atoms with Crippen LogP contribution in [0.2, 0.25) is 0 Å². The maximum atomic E-state index is 13.0. The van der Waals surface area contributed by atoms with Gasteiger partial charge in [-0.3, -0.25) is 0 Å². The van der Waals surface area contributed by atoms with Gasteiger partial charge < -0.3 is 4.42 Å². The molecule has 1 heterocycles. The lowest BCUT2D eigenvalue weighted by molar-refractivity contribution is -0.138. The Morgan fingerprint density at radius 2 is 1.00 bits per heavy atom. The molecule has 0 unspecified atom stereocenters. The Bertz CT molecular complexity index is 1320. The first-order valence-electron chi connectivity index (χ1n) is 9.63. The summed E-state index contributed by atoms with van der Waals surface area (Å²) in [5, 5.41) is 0. The summed E-state index contributed by atoms with van der Waals surface area (Å²) >= 11 is 0. The number of alkyl halides is 6. The Balaban J connectivity index is 1.91. The van der Waals surface area contributed by atoms with Crippen LogP contribution in [0.4, 0.5) is 26.3 Å². The summed E-state index contributed by atoms with van der Waals surface area (Å²) in [5.74, 6) is -0.0480. The zero-order valence-corrected chi connectivity index (χ0v) is 16.7. The zero-order valence-electron chi connectivity index (χ0n) is 16.7. The zero-order chi connectivity index (χ0) is 23.8. The van der Waals surface area contributed by atoms with Crippen molar-refractivity contribution in [2.24, 2.45) is 0 Å². The highest BCUT2D eigenvalue weighted by Crippen LogP contribution is 2.37. The van der Waals surface area contributed by atoms with Gasteiger partial charge in [-0.2, -0.15) is 26.3 Å². The highest BCUT2D eigenvalue weighted by molar-refractivity contribution is 5.83. The first kappa shape index (κ1) is 22.4. The molecule has 0 bridgehead atoms. The van der Waals surface area contributed by atoms with Gasteiger partial charge in [0.1, 0.15) is 5.76 Å². The Morgan fingerprint density at radius 1 is 0.545 bits per heavy atom. The van der Waals surface area contributed by atoms with E-state index >= 15 is 0 Å². The predicted octanol–water partition coefficient (Wildman–Crippen LogP) is 7.68. The molecule has 0 aliphatic rings. The second-order valence-corrected chi connectivity index (χ2v) is 7.21. The van der Waals surface area contributed by atoms with Crippen LogP contribution in [0.25, 0.3) is 33.6 Å². The number of rotatable bonds is 3. The van der Waals surface area contributed by atoms with Gasteiger partial charge >= 0.3 is 18.0 Å². The molecule has 0 aliphatic carbocycles. The molecule has 1 aromatic heterocycles. The quantitative estimate of drug-likeness (QED) is 0.294. The van der Waals surface area contributed by atoms with Crippen molar-refractivity contribution < 1.29 is 30.8 Å². The summed E-state index contributed by atoms with van der Waals surface area (Å²) < 4.78 is 83.3. The standard InChI is InChI=1S/C25H14F6O2/c26-24(27,28)18-10-6-16(7-11-18)20-14-21(15-4-2-1-3-5-15)23(32)33-22(20)17-8-12-19(13-9-17)25(29,30)31/h1-14H. The highest BCUT2D eigenvalue weighted by Gasteiger charge is 2.31. The van der Waals surface area contributed by atoms with E-state index in [4.69, 9.17) is 4.42 Å². The molecule has 33 heavy (non-hydrogen) atoms. The molecule has 0 atom stereocenters. The molecule has 2 nitrogen and oxygen atoms in total. The Kier molecular flexibility index (Phi) is 5.61. The van der Waals surface area contributed by atoms with E-state index < -0.39 is 29.1 Å². The molecular formula is C25H14F6O2. The molecule has 168 valence electrons. The summed E-state index contributed by atoms with van der Waals surface area (Å²) in [6.45, 7) is 0. The lowest BCUT2D eigenvalue weighted by Gasteiger charge is -2.13. The van der Waals surface area contributed by atoms with E-state index in [1.165, 1.54) is 18.2 Å². The molecule has 0 aliphatic heterocycles. The SMILES string of the molecule is O=c1oc(-c2ccc(C(F)(F)F)cc2)c(-c2ccc(C(F)(F)F)cc2)cc1-c1ccccc1. The molecule has 0 fully saturated rings. The van der Waals surface area contributed by atoms with Gasteiger partial charge in [0.2, 0.25) is 0 Å². The predicted molar refractivity (Wildman–Crippen MR) is 111 cm³/mol. The molecule has 0 amide bonds. The third-order valence-corrected chi connectivity index (χ3v) is 5.03. The molecule has 3 aromatic carbocycles. The fourth-order valence-electron chi connectivity index (χ4n) is 3.37. The van der Waals surface area contributed by atoms with Crippen molar-refractivity contribution in [2.75, 3.05) is 0 Å². The van der Waals surface area contributed by atoms with Crippen LogP contribution in [-0.2, 0) is 12.4 Å². The van der Waals surface area contributed by atoms with Crippen molar-refractivity contribution in [1.29, 1.82) is 0 Å². The van der Waals surface area contributed by atoms with E-state index in [0.29, 0.717) is 11.1 Å². The Morgan fingerprint density at radius 3 is 1.48 bits per heavy atom. The summed E-state index contributed by atoms with van der Waals surface area (Å²) in [6.07, 6.45) is -9.08. The van der Waals surface area contributed by atoms with Gasteiger partial charge in [-0.25, -0.2) is 4.79 Å². The van der Waals surface area contributed by atoms with E-state index in [1.54, 1.807) is 30.3 Å². The third kappa shape index (κ3) is 4.69. The van der Waals surface area contributed by atoms with Gasteiger partial charge in [0.15, 0.2) is 0 Å². The van der Waals surface area contributed by atoms with Crippen LogP contribution in [-0.4, -0.2) is 0 Å². The molecule has 0 N–H and O–H groups in total. The maximum Gasteiger partial charge on any atom is 0.416 e. The van der Waals surface area contributed by atoms with E-state index in [2.05, 4.69) is 0 Å². The average Bonchev–Trinajstić information content (AvgIpc) is 2.78. The number of hydrogen-bond donors (Lipinski definition) is 0. The Hall–Kier alpha value is -3.81. The average molecular weight is 460 g/mol. The van der Waals surface area contributed by atoms with Gasteiger partial charge in [0, 0.05) is 11.1 Å². The second-order valence-electron chi connectivity index (χ2n) is 7.21. The van der Waals surface area contributed by atoms with E-state index in [9.17, 15) is 31.1 Å². The maximum absolute atomic E-state index is 13.0. The molecule has 0 saturated carbocycles. The second kappa shape index (κ2) is 8.27. The van der Waals surface area contributed by atoms with Gasteiger partial charge in [0.05, 0.1) is 16.7 Å². The third-order valence-electron chi connectivity index (χ3n) is 5.03. The lowest BCUT2D eigenvalue weighted by atomic mass is 9.96. The monoisotopic (exact) mass is 460 g/mol. The largest absolute Gasteiger partial charge is 0.422 e. The van der Waals surface area contributed by atoms with E-state index in [0.717, 1.165) is 36.4 Å². The van der Waals surface area contributed by atoms with Crippen LogP contribution in [0.5, 0.6) is 0 Å². The highest BCUT2D eigenvalue weighted by atomic mass is 19.4. The van der Waals surface area contributed by atoms with Gasteiger partial charge in [-0.05, 0) is 41.5 Å². The molecule has 4 aromatic rings. The van der Waals surface area contributed by atoms with E-state index in [1.807, 2.05) is 0 Å². The van der Waals surface area contributed by atoms with Crippen molar-refractivity contribution in [1.82, 2.24) is 0 Å². The van der Waals surface area contributed by atoms with Crippen LogP contribution in [0.3, 0.4) is 0 Å². The summed E-state index contributed by atoms with van der Waals surface area (Å²) in [4.78, 5) is 12.7. The first-order valence-corrected chi connectivity index (χ1v) is 9.63. The first-order chi connectivity index (χ1) is 15.5. The normalized spacial score (nSPS) is 12.1. The summed E-state index contributed by atoms with van der Waals surface area (Å²) in [5.41, 5.74) is -1.03. The molecule has 0 saturated heterocycles. The van der Waals surface area contributed by atoms with Crippen molar-refractivity contribution in [3.63, 3.8) is 0 Å². The molecule has 0 spiro atoms. The fraction of sp³-hybridized carbons (Fsp3) is 0.0800. The van der Waals surface area contributed by atoms with Crippen LogP contribution in [0.15, 0.2) is 94.1 Å². The smallest absolute Gasteiger partial charge is 0.416 e. The minimum absolute atomic E-state index is 0.0480. The van der Waals surface area contributed by atoms with Crippen molar-refractivity contribution in [2.45, 2.75) is 12.4 Å². The van der Waals surface area contributed by atoms with Crippen LogP contribution in [0, 0.1) is 0 Å². The van der Waals surface area contributed by atoms with Crippen LogP contribution >= 0.6 is 0 Å². The summed E-state index contributed by atoms with van der Waals surface area (Å²) in [7, 11) is 0. The van der Waals surface area contributed by atoms with Gasteiger partial charge in [-0.15, -0.1) is 0 Å². The topological polar surface area (TPSA) is 30.2 Å². The number of benzene rings is 3. The summed E-state index contributed by atoms with van der Waals surface area (Å²) in [6, 6.07) is 18.2. The molecule has 8 heteroatoms. The van der Waals surface area contributed by atoms with Crippen LogP contribution in [0.1, 0.15) is 11.1 Å². The molecule has 4 rings (SSSR count). The van der Waals surface area contributed by atoms with Crippen molar-refractivity contribution >= 4 is 0 Å². The minimum Gasteiger partial charge on any atom is -0.422 e. The number of hydrogen-bond acceptors (Lipinski definition) is 2. The fourth-order valence-corrected chi connectivity index (χ4v) is 3.37. The molecular weight excluding hydrogens is 446 g/mol. The van der Waals surface area contributed by atoms with E-state index in [-0.39, 0.29) is 22.5 Å². The van der Waals surface area contributed by atoms with Crippen molar-refractivity contribution in [3.8, 4) is 33.6 Å². The number of halogens is 6. The van der Waals surface area contributed by atoms with Crippen LogP contribution < -0.4 is 5.63 Å². The Labute approximate surface area is 183 Å². The molecule has 0 radical (unpaired) electrons. The van der Waals surface area contributed by atoms with Crippen molar-refractivity contribution in [3.05, 3.63) is 106 Å². The van der Waals surface area contributed by atoms with Gasteiger partial charge in [0.25, 0.3) is 0 Å². The minimum atomic E-state index is -4.55. The lowest BCUT2D eigenvalue weighted by Crippen LogP contribution is -2.07. The van der Waals surface area contributed by atoms with Gasteiger partial charge in [-0.1, -0.05) is 54.6 Å².